The molecule has 0 saturated heterocycles. The van der Waals surface area contributed by atoms with Gasteiger partial charge in [-0.2, -0.15) is 0 Å². The molecule has 0 spiro atoms. The van der Waals surface area contributed by atoms with Gasteiger partial charge in [0, 0.05) is 17.8 Å². The monoisotopic (exact) mass is 458 g/mol. The van der Waals surface area contributed by atoms with Crippen molar-refractivity contribution in [3.05, 3.63) is 99.5 Å². The molecule has 0 bridgehead atoms. The maximum atomic E-state index is 9.62. The van der Waals surface area contributed by atoms with Gasteiger partial charge in [0.25, 0.3) is 0 Å². The molecule has 0 amide bonds. The summed E-state index contributed by atoms with van der Waals surface area (Å²) in [7, 11) is 0. The quantitative estimate of drug-likeness (QED) is 0.326. The molecule has 0 saturated carbocycles. The Labute approximate surface area is 185 Å². The molecule has 0 radical (unpaired) electrons. The number of nitrogens with one attached hydrogen (secondary N) is 1. The minimum Gasteiger partial charge on any atom is -0.507 e. The lowest BCUT2D eigenvalue weighted by atomic mass is 9.76. The minimum absolute atomic E-state index is 0.230. The van der Waals surface area contributed by atoms with E-state index in [9.17, 15) is 5.11 Å². The molecule has 1 aliphatic carbocycles. The normalized spacial score (nSPS) is 22.0. The number of hydrogen-bond donors (Lipinski definition) is 2. The fourth-order valence-electron chi connectivity index (χ4n) is 4.56. The van der Waals surface area contributed by atoms with E-state index in [-0.39, 0.29) is 5.75 Å². The molecule has 150 valence electrons. The number of phenols is 1. The molecule has 1 aliphatic heterocycles. The van der Waals surface area contributed by atoms with Crippen molar-refractivity contribution >= 4 is 33.5 Å². The van der Waals surface area contributed by atoms with Crippen LogP contribution in [0.1, 0.15) is 40.6 Å². The zero-order chi connectivity index (χ0) is 20.7. The first-order valence-electron chi connectivity index (χ1n) is 10.2. The summed E-state index contributed by atoms with van der Waals surface area (Å²) in [4.78, 5) is 4.59. The third-order valence-corrected chi connectivity index (χ3v) is 6.74. The van der Waals surface area contributed by atoms with Gasteiger partial charge in [-0.3, -0.25) is 4.99 Å². The zero-order valence-electron chi connectivity index (χ0n) is 16.7. The SMILES string of the molecule is Cc1ccc2c(c1)[C@@H]1C=CC[C@@H]1[C@@H](c1ccc(N=Cc3ccc(O)c(Br)c3)cc1)N2. The van der Waals surface area contributed by atoms with E-state index in [0.717, 1.165) is 17.7 Å². The summed E-state index contributed by atoms with van der Waals surface area (Å²) in [5, 5.41) is 13.4. The molecule has 4 heteroatoms. The molecule has 0 aromatic heterocycles. The second kappa shape index (κ2) is 7.77. The topological polar surface area (TPSA) is 44.6 Å². The first-order chi connectivity index (χ1) is 14.6. The van der Waals surface area contributed by atoms with Crippen LogP contribution >= 0.6 is 15.9 Å². The summed E-state index contributed by atoms with van der Waals surface area (Å²) in [6, 6.07) is 20.9. The number of allylic oxidation sites excluding steroid dienone is 2. The van der Waals surface area contributed by atoms with Gasteiger partial charge in [-0.25, -0.2) is 0 Å². The number of aromatic hydroxyl groups is 1. The predicted molar refractivity (Wildman–Crippen MR) is 127 cm³/mol. The first kappa shape index (κ1) is 19.1. The molecule has 1 heterocycles. The fraction of sp³-hybridized carbons (Fsp3) is 0.192. The third kappa shape index (κ3) is 3.56. The van der Waals surface area contributed by atoms with Crippen LogP contribution in [-0.4, -0.2) is 11.3 Å². The maximum absolute atomic E-state index is 9.62. The number of fused-ring (bicyclic) bond motifs is 3. The van der Waals surface area contributed by atoms with Gasteiger partial charge in [0.15, 0.2) is 0 Å². The Morgan fingerprint density at radius 2 is 1.90 bits per heavy atom. The standard InChI is InChI=1S/C26H23BrN2O/c1-16-5-11-24-22(13-16)20-3-2-4-21(20)26(29-24)18-7-9-19(10-8-18)28-15-17-6-12-25(30)23(27)14-17/h2-3,5-15,20-21,26,29-30H,4H2,1H3/t20-,21+,26-/m1/s1. The number of halogens is 1. The van der Waals surface area contributed by atoms with Crippen LogP contribution in [0.25, 0.3) is 0 Å². The van der Waals surface area contributed by atoms with Crippen molar-refractivity contribution in [3.8, 4) is 5.75 Å². The van der Waals surface area contributed by atoms with Gasteiger partial charge in [-0.15, -0.1) is 0 Å². The van der Waals surface area contributed by atoms with E-state index in [1.54, 1.807) is 6.07 Å². The van der Waals surface area contributed by atoms with E-state index in [1.807, 2.05) is 18.3 Å². The van der Waals surface area contributed by atoms with Crippen LogP contribution in [0.2, 0.25) is 0 Å². The van der Waals surface area contributed by atoms with Gasteiger partial charge in [0.05, 0.1) is 16.2 Å². The van der Waals surface area contributed by atoms with Crippen molar-refractivity contribution in [2.24, 2.45) is 10.9 Å². The number of aliphatic imine (C=N–C) groups is 1. The van der Waals surface area contributed by atoms with Gasteiger partial charge >= 0.3 is 0 Å². The van der Waals surface area contributed by atoms with E-state index in [0.29, 0.717) is 22.4 Å². The van der Waals surface area contributed by atoms with E-state index in [1.165, 1.54) is 22.4 Å². The summed E-state index contributed by atoms with van der Waals surface area (Å²) >= 11 is 3.34. The zero-order valence-corrected chi connectivity index (χ0v) is 18.3. The van der Waals surface area contributed by atoms with E-state index in [4.69, 9.17) is 0 Å². The second-order valence-corrected chi connectivity index (χ2v) is 8.98. The van der Waals surface area contributed by atoms with Crippen LogP contribution in [-0.2, 0) is 0 Å². The molecule has 5 rings (SSSR count). The van der Waals surface area contributed by atoms with Gasteiger partial charge in [-0.05, 0) is 88.3 Å². The Hall–Kier alpha value is -2.85. The minimum atomic E-state index is 0.230. The third-order valence-electron chi connectivity index (χ3n) is 6.10. The average Bonchev–Trinajstić information content (AvgIpc) is 3.25. The Kier molecular flexibility index (Phi) is 4.95. The Bertz CT molecular complexity index is 1150. The number of rotatable bonds is 3. The summed E-state index contributed by atoms with van der Waals surface area (Å²) in [5.41, 5.74) is 7.13. The van der Waals surface area contributed by atoms with E-state index >= 15 is 0 Å². The average molecular weight is 459 g/mol. The Balaban J connectivity index is 1.38. The summed E-state index contributed by atoms with van der Waals surface area (Å²) in [6.07, 6.45) is 7.63. The van der Waals surface area contributed by atoms with Crippen molar-refractivity contribution in [3.63, 3.8) is 0 Å². The van der Waals surface area contributed by atoms with E-state index in [2.05, 4.69) is 87.8 Å². The van der Waals surface area contributed by atoms with Crippen LogP contribution in [0, 0.1) is 12.8 Å². The van der Waals surface area contributed by atoms with Crippen molar-refractivity contribution in [2.75, 3.05) is 5.32 Å². The number of benzene rings is 3. The van der Waals surface area contributed by atoms with Gasteiger partial charge in [0.2, 0.25) is 0 Å². The predicted octanol–water partition coefficient (Wildman–Crippen LogP) is 7.04. The number of hydrogen-bond acceptors (Lipinski definition) is 3. The van der Waals surface area contributed by atoms with Crippen LogP contribution in [0.15, 0.2) is 82.3 Å². The van der Waals surface area contributed by atoms with Gasteiger partial charge in [0.1, 0.15) is 5.75 Å². The summed E-state index contributed by atoms with van der Waals surface area (Å²) in [5.74, 6) is 1.26. The molecule has 30 heavy (non-hydrogen) atoms. The Morgan fingerprint density at radius 1 is 1.07 bits per heavy atom. The fourth-order valence-corrected chi connectivity index (χ4v) is 4.96. The molecule has 0 fully saturated rings. The van der Waals surface area contributed by atoms with Crippen molar-refractivity contribution in [1.82, 2.24) is 0 Å². The van der Waals surface area contributed by atoms with Crippen molar-refractivity contribution in [2.45, 2.75) is 25.3 Å². The van der Waals surface area contributed by atoms with Crippen LogP contribution in [0.5, 0.6) is 5.75 Å². The molecule has 3 atom stereocenters. The van der Waals surface area contributed by atoms with E-state index < -0.39 is 0 Å². The highest BCUT2D eigenvalue weighted by molar-refractivity contribution is 9.10. The number of nitrogens with zero attached hydrogens (tertiary/aromatic N) is 1. The number of phenolic OH excluding ortho intramolecular Hbond substituents is 1. The number of anilines is 1. The van der Waals surface area contributed by atoms with Crippen molar-refractivity contribution < 1.29 is 5.11 Å². The van der Waals surface area contributed by atoms with Crippen LogP contribution in [0.3, 0.4) is 0 Å². The number of aryl methyl sites for hydroxylation is 1. The van der Waals surface area contributed by atoms with Crippen molar-refractivity contribution in [1.29, 1.82) is 0 Å². The molecular formula is C26H23BrN2O. The molecule has 2 N–H and O–H groups in total. The highest BCUT2D eigenvalue weighted by atomic mass is 79.9. The highest BCUT2D eigenvalue weighted by Crippen LogP contribution is 2.50. The smallest absolute Gasteiger partial charge is 0.129 e. The molecule has 0 unspecified atom stereocenters. The molecular weight excluding hydrogens is 436 g/mol. The molecule has 3 nitrogen and oxygen atoms in total. The first-order valence-corrected chi connectivity index (χ1v) is 11.0. The van der Waals surface area contributed by atoms with Crippen LogP contribution < -0.4 is 5.32 Å². The van der Waals surface area contributed by atoms with Gasteiger partial charge in [-0.1, -0.05) is 42.0 Å². The largest absolute Gasteiger partial charge is 0.507 e. The lowest BCUT2D eigenvalue weighted by Crippen LogP contribution is -2.29. The maximum Gasteiger partial charge on any atom is 0.129 e. The molecule has 3 aromatic rings. The highest BCUT2D eigenvalue weighted by Gasteiger charge is 2.37. The molecule has 2 aliphatic rings. The lowest BCUT2D eigenvalue weighted by Gasteiger charge is -2.37. The molecule has 3 aromatic carbocycles. The summed E-state index contributed by atoms with van der Waals surface area (Å²) < 4.78 is 0.667. The van der Waals surface area contributed by atoms with Gasteiger partial charge < -0.3 is 10.4 Å². The lowest BCUT2D eigenvalue weighted by molar-refractivity contribution is 0.425. The van der Waals surface area contributed by atoms with Crippen LogP contribution in [0.4, 0.5) is 11.4 Å². The summed E-state index contributed by atoms with van der Waals surface area (Å²) in [6.45, 7) is 2.16. The second-order valence-electron chi connectivity index (χ2n) is 8.13. The Morgan fingerprint density at radius 3 is 2.70 bits per heavy atom.